The van der Waals surface area contributed by atoms with Gasteiger partial charge in [0.15, 0.2) is 0 Å². The van der Waals surface area contributed by atoms with E-state index in [2.05, 4.69) is 10.2 Å². The quantitative estimate of drug-likeness (QED) is 0.609. The van der Waals surface area contributed by atoms with Gasteiger partial charge in [-0.15, -0.1) is 0 Å². The van der Waals surface area contributed by atoms with Crippen molar-refractivity contribution in [2.75, 3.05) is 11.4 Å². The highest BCUT2D eigenvalue weighted by molar-refractivity contribution is 6.32. The highest BCUT2D eigenvalue weighted by Gasteiger charge is 2.39. The van der Waals surface area contributed by atoms with Crippen molar-refractivity contribution >= 4 is 23.2 Å². The Morgan fingerprint density at radius 1 is 1.25 bits per heavy atom. The number of aromatic nitrogens is 4. The smallest absolute Gasteiger partial charge is 0.252 e. The molecule has 1 aromatic carbocycles. The van der Waals surface area contributed by atoms with E-state index in [-0.39, 0.29) is 17.6 Å². The molecule has 1 saturated heterocycles. The van der Waals surface area contributed by atoms with Crippen molar-refractivity contribution in [1.29, 1.82) is 0 Å². The number of carbonyl (C=O) groups excluding carboxylic acids is 1. The zero-order chi connectivity index (χ0) is 23.4. The summed E-state index contributed by atoms with van der Waals surface area (Å²) >= 11 is 6.42. The Morgan fingerprint density at radius 3 is 2.47 bits per heavy atom. The van der Waals surface area contributed by atoms with Crippen molar-refractivity contribution in [3.05, 3.63) is 58.4 Å². The molecule has 1 fully saturated rings. The van der Waals surface area contributed by atoms with Gasteiger partial charge in [0.25, 0.3) is 5.91 Å². The molecular weight excluding hydrogens is 433 g/mol. The second kappa shape index (κ2) is 8.01. The van der Waals surface area contributed by atoms with Crippen LogP contribution < -0.4 is 4.90 Å². The summed E-state index contributed by atoms with van der Waals surface area (Å²) in [6.07, 6.45) is 2.24. The van der Waals surface area contributed by atoms with E-state index in [1.807, 2.05) is 13.8 Å². The van der Waals surface area contributed by atoms with Gasteiger partial charge in [-0.2, -0.15) is 10.2 Å². The van der Waals surface area contributed by atoms with Crippen LogP contribution in [0.1, 0.15) is 63.2 Å². The summed E-state index contributed by atoms with van der Waals surface area (Å²) in [4.78, 5) is 15.2. The van der Waals surface area contributed by atoms with E-state index in [9.17, 15) is 14.3 Å². The van der Waals surface area contributed by atoms with Crippen LogP contribution in [-0.2, 0) is 10.4 Å². The van der Waals surface area contributed by atoms with Crippen molar-refractivity contribution < 1.29 is 14.3 Å². The number of benzene rings is 1. The molecule has 9 heteroatoms. The molecular formula is C23H27ClFN5O2. The molecule has 1 N–H and O–H groups in total. The Hall–Kier alpha value is -2.71. The minimum Gasteiger partial charge on any atom is -0.384 e. The molecule has 7 nitrogen and oxygen atoms in total. The lowest BCUT2D eigenvalue weighted by atomic mass is 10.1. The molecule has 0 radical (unpaired) electrons. The second-order valence-electron chi connectivity index (χ2n) is 9.00. The molecule has 170 valence electrons. The van der Waals surface area contributed by atoms with Crippen LogP contribution in [0, 0.1) is 12.7 Å². The number of anilines is 1. The fourth-order valence-corrected chi connectivity index (χ4v) is 4.57. The van der Waals surface area contributed by atoms with Gasteiger partial charge in [-0.3, -0.25) is 9.48 Å². The average Bonchev–Trinajstić information content (AvgIpc) is 3.38. The zero-order valence-electron chi connectivity index (χ0n) is 18.8. The standard InChI is InChI=1S/C23H27ClFN5O2/c1-13(2)20-18(12-26-30(20)16-8-6-15(25)7-9-16)28-11-10-17(22(28)31)29-14(3)19(24)21(27-29)23(4,5)32/h6-9,12-13,17,32H,10-11H2,1-5H3. The van der Waals surface area contributed by atoms with Gasteiger partial charge >= 0.3 is 0 Å². The van der Waals surface area contributed by atoms with Crippen LogP contribution in [0.4, 0.5) is 10.1 Å². The molecule has 2 aromatic heterocycles. The van der Waals surface area contributed by atoms with Crippen LogP contribution >= 0.6 is 11.6 Å². The summed E-state index contributed by atoms with van der Waals surface area (Å²) in [6, 6.07) is 5.60. The molecule has 0 bridgehead atoms. The number of carbonyl (C=O) groups is 1. The fourth-order valence-electron chi connectivity index (χ4n) is 4.21. The maximum absolute atomic E-state index is 13.5. The molecule has 3 aromatic rings. The number of aliphatic hydroxyl groups is 1. The van der Waals surface area contributed by atoms with Crippen molar-refractivity contribution in [2.45, 2.75) is 58.6 Å². The third kappa shape index (κ3) is 3.71. The maximum Gasteiger partial charge on any atom is 0.252 e. The molecule has 1 aliphatic heterocycles. The largest absolute Gasteiger partial charge is 0.384 e. The molecule has 32 heavy (non-hydrogen) atoms. The lowest BCUT2D eigenvalue weighted by Crippen LogP contribution is -2.30. The summed E-state index contributed by atoms with van der Waals surface area (Å²) in [5.74, 6) is -0.342. The monoisotopic (exact) mass is 459 g/mol. The number of rotatable bonds is 5. The number of nitrogens with zero attached hydrogens (tertiary/aromatic N) is 5. The highest BCUT2D eigenvalue weighted by Crippen LogP contribution is 2.37. The Bertz CT molecular complexity index is 1160. The minimum absolute atomic E-state index is 0.0760. The minimum atomic E-state index is -1.21. The van der Waals surface area contributed by atoms with Gasteiger partial charge < -0.3 is 10.0 Å². The average molecular weight is 460 g/mol. The van der Waals surface area contributed by atoms with Gasteiger partial charge in [-0.1, -0.05) is 25.4 Å². The zero-order valence-corrected chi connectivity index (χ0v) is 19.6. The van der Waals surface area contributed by atoms with E-state index in [0.717, 1.165) is 17.1 Å². The predicted octanol–water partition coefficient (Wildman–Crippen LogP) is 4.50. The fraction of sp³-hybridized carbons (Fsp3) is 0.435. The summed E-state index contributed by atoms with van der Waals surface area (Å²) < 4.78 is 16.8. The summed E-state index contributed by atoms with van der Waals surface area (Å²) in [5, 5.41) is 19.7. The Kier molecular flexibility index (Phi) is 5.63. The lowest BCUT2D eigenvalue weighted by molar-refractivity contribution is -0.120. The number of halogens is 2. The van der Waals surface area contributed by atoms with Gasteiger partial charge in [0.2, 0.25) is 0 Å². The van der Waals surface area contributed by atoms with Crippen molar-refractivity contribution in [2.24, 2.45) is 0 Å². The van der Waals surface area contributed by atoms with E-state index in [1.54, 1.807) is 53.4 Å². The highest BCUT2D eigenvalue weighted by atomic mass is 35.5. The summed E-state index contributed by atoms with van der Waals surface area (Å²) in [5.41, 5.74) is 2.13. The van der Waals surface area contributed by atoms with Crippen molar-refractivity contribution in [3.8, 4) is 5.69 Å². The molecule has 1 atom stereocenters. The van der Waals surface area contributed by atoms with Crippen LogP contribution in [0.25, 0.3) is 5.69 Å². The molecule has 3 heterocycles. The van der Waals surface area contributed by atoms with E-state index in [0.29, 0.717) is 29.4 Å². The van der Waals surface area contributed by atoms with Crippen LogP contribution in [0.5, 0.6) is 0 Å². The third-order valence-corrected chi connectivity index (χ3v) is 6.28. The number of amides is 1. The first-order valence-corrected chi connectivity index (χ1v) is 11.0. The van der Waals surface area contributed by atoms with Crippen LogP contribution in [0.2, 0.25) is 5.02 Å². The third-order valence-electron chi connectivity index (χ3n) is 5.82. The van der Waals surface area contributed by atoms with Gasteiger partial charge in [-0.25, -0.2) is 9.07 Å². The maximum atomic E-state index is 13.5. The van der Waals surface area contributed by atoms with Gasteiger partial charge in [-0.05, 0) is 57.4 Å². The van der Waals surface area contributed by atoms with Crippen LogP contribution in [0.15, 0.2) is 30.5 Å². The Labute approximate surface area is 191 Å². The van der Waals surface area contributed by atoms with Crippen LogP contribution in [0.3, 0.4) is 0 Å². The van der Waals surface area contributed by atoms with E-state index >= 15 is 0 Å². The Balaban J connectivity index is 1.70. The molecule has 4 rings (SSSR count). The van der Waals surface area contributed by atoms with Crippen molar-refractivity contribution in [1.82, 2.24) is 19.6 Å². The molecule has 1 amide bonds. The van der Waals surface area contributed by atoms with Gasteiger partial charge in [0.1, 0.15) is 23.2 Å². The molecule has 1 unspecified atom stereocenters. The molecule has 1 aliphatic rings. The number of hydrogen-bond acceptors (Lipinski definition) is 4. The number of hydrogen-bond donors (Lipinski definition) is 1. The SMILES string of the molecule is Cc1c(Cl)c(C(C)(C)O)nn1C1CCN(c2cnn(-c3ccc(F)cc3)c2C(C)C)C1=O. The molecule has 0 spiro atoms. The van der Waals surface area contributed by atoms with Crippen molar-refractivity contribution in [3.63, 3.8) is 0 Å². The summed E-state index contributed by atoms with van der Waals surface area (Å²) in [6.45, 7) is 9.61. The first-order chi connectivity index (χ1) is 15.0. The Morgan fingerprint density at radius 2 is 1.91 bits per heavy atom. The van der Waals surface area contributed by atoms with Gasteiger partial charge in [0.05, 0.1) is 34.0 Å². The predicted molar refractivity (Wildman–Crippen MR) is 121 cm³/mol. The molecule has 0 saturated carbocycles. The topological polar surface area (TPSA) is 76.2 Å². The first-order valence-electron chi connectivity index (χ1n) is 10.6. The summed E-state index contributed by atoms with van der Waals surface area (Å²) in [7, 11) is 0. The van der Waals surface area contributed by atoms with E-state index < -0.39 is 11.6 Å². The lowest BCUT2D eigenvalue weighted by Gasteiger charge is -2.20. The second-order valence-corrected chi connectivity index (χ2v) is 9.38. The van der Waals surface area contributed by atoms with E-state index in [4.69, 9.17) is 11.6 Å². The molecule has 0 aliphatic carbocycles. The first kappa shape index (κ1) is 22.5. The van der Waals surface area contributed by atoms with Crippen LogP contribution in [-0.4, -0.2) is 37.1 Å². The van der Waals surface area contributed by atoms with E-state index in [1.165, 1.54) is 12.1 Å². The normalized spacial score (nSPS) is 17.1. The van der Waals surface area contributed by atoms with Gasteiger partial charge in [0, 0.05) is 6.54 Å².